The summed E-state index contributed by atoms with van der Waals surface area (Å²) in [4.78, 5) is 14.4. The van der Waals surface area contributed by atoms with Gasteiger partial charge in [-0.25, -0.2) is 0 Å². The Morgan fingerprint density at radius 1 is 1.55 bits per heavy atom. The topological polar surface area (TPSA) is 70.4 Å². The van der Waals surface area contributed by atoms with E-state index in [4.69, 9.17) is 0 Å². The molecule has 0 aliphatic heterocycles. The van der Waals surface area contributed by atoms with Gasteiger partial charge in [-0.2, -0.15) is 5.10 Å². The number of hydrogen-bond donors (Lipinski definition) is 2. The molecule has 1 amide bonds. The number of hydrogen-bond acceptors (Lipinski definition) is 4. The zero-order chi connectivity index (χ0) is 16.5. The lowest BCUT2D eigenvalue weighted by atomic mass is 10.1. The summed E-state index contributed by atoms with van der Waals surface area (Å²) in [5, 5.41) is 17.5. The second-order valence-electron chi connectivity index (χ2n) is 7.17. The number of carbonyl (C=O) groups excluding carboxylic acids is 1. The molecule has 1 aromatic heterocycles. The number of aliphatic hydroxyl groups is 1. The first-order valence-corrected chi connectivity index (χ1v) is 7.94. The molecule has 2 rings (SSSR count). The highest BCUT2D eigenvalue weighted by molar-refractivity contribution is 5.95. The van der Waals surface area contributed by atoms with E-state index in [1.165, 1.54) is 0 Å². The van der Waals surface area contributed by atoms with E-state index in [2.05, 4.69) is 24.3 Å². The van der Waals surface area contributed by atoms with Gasteiger partial charge in [0.15, 0.2) is 0 Å². The molecule has 0 spiro atoms. The van der Waals surface area contributed by atoms with Crippen LogP contribution in [0.5, 0.6) is 0 Å². The van der Waals surface area contributed by atoms with Crippen LogP contribution in [0.4, 0.5) is 0 Å². The third-order valence-electron chi connectivity index (χ3n) is 3.82. The summed E-state index contributed by atoms with van der Waals surface area (Å²) in [5.41, 5.74) is 0.740. The van der Waals surface area contributed by atoms with Gasteiger partial charge in [0, 0.05) is 25.0 Å². The number of nitrogens with zero attached hydrogens (tertiary/aromatic N) is 3. The molecule has 124 valence electrons. The van der Waals surface area contributed by atoms with Crippen molar-refractivity contribution in [3.63, 3.8) is 0 Å². The minimum atomic E-state index is -0.951. The van der Waals surface area contributed by atoms with E-state index in [1.807, 2.05) is 23.7 Å². The smallest absolute Gasteiger partial charge is 0.254 e. The Labute approximate surface area is 132 Å². The van der Waals surface area contributed by atoms with Gasteiger partial charge >= 0.3 is 0 Å². The molecule has 1 fully saturated rings. The molecular weight excluding hydrogens is 280 g/mol. The standard InChI is InChI=1S/C16H28N4O2/c1-11(2)20-14(12-6-7-12)13(8-18-20)15(21)17-9-16(3,22)10-19(4)5/h8,11-12,22H,6-7,9-10H2,1-5H3,(H,17,21). The van der Waals surface area contributed by atoms with Crippen LogP contribution in [0, 0.1) is 0 Å². The van der Waals surface area contributed by atoms with Gasteiger partial charge in [0.05, 0.1) is 23.1 Å². The maximum atomic E-state index is 12.5. The summed E-state index contributed by atoms with van der Waals surface area (Å²) in [6.07, 6.45) is 3.90. The van der Waals surface area contributed by atoms with Gasteiger partial charge in [-0.15, -0.1) is 0 Å². The van der Waals surface area contributed by atoms with Gasteiger partial charge in [0.1, 0.15) is 0 Å². The molecule has 1 unspecified atom stereocenters. The molecule has 1 aliphatic rings. The molecule has 0 radical (unpaired) electrons. The average Bonchev–Trinajstić information content (AvgIpc) is 3.12. The maximum Gasteiger partial charge on any atom is 0.254 e. The summed E-state index contributed by atoms with van der Waals surface area (Å²) in [6, 6.07) is 0.244. The van der Waals surface area contributed by atoms with Crippen LogP contribution in [0.3, 0.4) is 0 Å². The van der Waals surface area contributed by atoms with Crippen LogP contribution in [0.25, 0.3) is 0 Å². The number of nitrogens with one attached hydrogen (secondary N) is 1. The molecule has 0 bridgehead atoms. The Bertz CT molecular complexity index is 530. The van der Waals surface area contributed by atoms with Gasteiger partial charge in [-0.1, -0.05) is 0 Å². The Hall–Kier alpha value is -1.40. The average molecular weight is 308 g/mol. The predicted octanol–water partition coefficient (Wildman–Crippen LogP) is 1.38. The van der Waals surface area contributed by atoms with Crippen molar-refractivity contribution in [3.05, 3.63) is 17.5 Å². The molecule has 1 atom stereocenters. The van der Waals surface area contributed by atoms with Crippen molar-refractivity contribution in [2.24, 2.45) is 0 Å². The largest absolute Gasteiger partial charge is 0.387 e. The van der Waals surface area contributed by atoms with Crippen LogP contribution in [-0.2, 0) is 0 Å². The van der Waals surface area contributed by atoms with Crippen LogP contribution in [0.2, 0.25) is 0 Å². The Balaban J connectivity index is 2.07. The zero-order valence-corrected chi connectivity index (χ0v) is 14.3. The van der Waals surface area contributed by atoms with Crippen molar-refractivity contribution in [2.75, 3.05) is 27.2 Å². The highest BCUT2D eigenvalue weighted by Crippen LogP contribution is 2.42. The minimum absolute atomic E-state index is 0.146. The van der Waals surface area contributed by atoms with Crippen molar-refractivity contribution in [1.29, 1.82) is 0 Å². The monoisotopic (exact) mass is 308 g/mol. The quantitative estimate of drug-likeness (QED) is 0.798. The van der Waals surface area contributed by atoms with Crippen molar-refractivity contribution in [1.82, 2.24) is 20.0 Å². The van der Waals surface area contributed by atoms with E-state index in [0.29, 0.717) is 18.0 Å². The predicted molar refractivity (Wildman–Crippen MR) is 86.1 cm³/mol. The van der Waals surface area contributed by atoms with E-state index in [-0.39, 0.29) is 18.5 Å². The van der Waals surface area contributed by atoms with Gasteiger partial charge in [-0.05, 0) is 47.7 Å². The van der Waals surface area contributed by atoms with Crippen LogP contribution >= 0.6 is 0 Å². The molecule has 1 saturated carbocycles. The Kier molecular flexibility index (Phi) is 4.92. The number of aromatic nitrogens is 2. The Morgan fingerprint density at radius 2 is 2.18 bits per heavy atom. The second-order valence-corrected chi connectivity index (χ2v) is 7.17. The third-order valence-corrected chi connectivity index (χ3v) is 3.82. The van der Waals surface area contributed by atoms with Gasteiger partial charge in [0.2, 0.25) is 0 Å². The maximum absolute atomic E-state index is 12.5. The summed E-state index contributed by atoms with van der Waals surface area (Å²) in [6.45, 7) is 6.59. The molecule has 1 aromatic rings. The summed E-state index contributed by atoms with van der Waals surface area (Å²) >= 11 is 0. The first-order valence-electron chi connectivity index (χ1n) is 7.94. The van der Waals surface area contributed by atoms with Crippen LogP contribution in [0.15, 0.2) is 6.20 Å². The van der Waals surface area contributed by atoms with E-state index in [1.54, 1.807) is 13.1 Å². The number of rotatable bonds is 7. The van der Waals surface area contributed by atoms with Crippen molar-refractivity contribution < 1.29 is 9.90 Å². The summed E-state index contributed by atoms with van der Waals surface area (Å²) in [7, 11) is 3.79. The lowest BCUT2D eigenvalue weighted by Gasteiger charge is -2.27. The molecular formula is C16H28N4O2. The van der Waals surface area contributed by atoms with Crippen molar-refractivity contribution in [2.45, 2.75) is 51.2 Å². The molecule has 0 aromatic carbocycles. The molecule has 6 heteroatoms. The van der Waals surface area contributed by atoms with Crippen molar-refractivity contribution in [3.8, 4) is 0 Å². The molecule has 2 N–H and O–H groups in total. The fourth-order valence-corrected chi connectivity index (χ4v) is 2.82. The SMILES string of the molecule is CC(C)n1ncc(C(=O)NCC(C)(O)CN(C)C)c1C1CC1. The number of amides is 1. The number of carbonyl (C=O) groups is 1. The molecule has 0 saturated heterocycles. The first kappa shape index (κ1) is 17.0. The molecule has 1 aliphatic carbocycles. The Morgan fingerprint density at radius 3 is 2.68 bits per heavy atom. The lowest BCUT2D eigenvalue weighted by molar-refractivity contribution is 0.0325. The molecule has 6 nitrogen and oxygen atoms in total. The van der Waals surface area contributed by atoms with Crippen molar-refractivity contribution >= 4 is 5.91 Å². The van der Waals surface area contributed by atoms with Crippen LogP contribution in [-0.4, -0.2) is 58.5 Å². The minimum Gasteiger partial charge on any atom is -0.387 e. The van der Waals surface area contributed by atoms with Crippen LogP contribution in [0.1, 0.15) is 61.6 Å². The summed E-state index contributed by atoms with van der Waals surface area (Å²) < 4.78 is 1.95. The highest BCUT2D eigenvalue weighted by atomic mass is 16.3. The van der Waals surface area contributed by atoms with Gasteiger partial charge in [-0.3, -0.25) is 9.48 Å². The first-order chi connectivity index (χ1) is 10.2. The fraction of sp³-hybridized carbons (Fsp3) is 0.750. The molecule has 22 heavy (non-hydrogen) atoms. The van der Waals surface area contributed by atoms with E-state index < -0.39 is 5.60 Å². The van der Waals surface area contributed by atoms with Gasteiger partial charge in [0.25, 0.3) is 5.91 Å². The fourth-order valence-electron chi connectivity index (χ4n) is 2.82. The van der Waals surface area contributed by atoms with Gasteiger partial charge < -0.3 is 15.3 Å². The third kappa shape index (κ3) is 4.08. The summed E-state index contributed by atoms with van der Waals surface area (Å²) in [5.74, 6) is 0.306. The lowest BCUT2D eigenvalue weighted by Crippen LogP contribution is -2.47. The molecule has 1 heterocycles. The van der Waals surface area contributed by atoms with E-state index in [9.17, 15) is 9.90 Å². The van der Waals surface area contributed by atoms with Crippen LogP contribution < -0.4 is 5.32 Å². The van der Waals surface area contributed by atoms with E-state index >= 15 is 0 Å². The van der Waals surface area contributed by atoms with E-state index in [0.717, 1.165) is 18.5 Å². The number of likely N-dealkylation sites (N-methyl/N-ethyl adjacent to an activating group) is 1. The highest BCUT2D eigenvalue weighted by Gasteiger charge is 2.33. The second kappa shape index (κ2) is 6.38. The normalized spacial score (nSPS) is 17.8. The zero-order valence-electron chi connectivity index (χ0n) is 14.3.